The van der Waals surface area contributed by atoms with Gasteiger partial charge in [0.15, 0.2) is 0 Å². The highest BCUT2D eigenvalue weighted by Gasteiger charge is 2.22. The first kappa shape index (κ1) is 11.9. The van der Waals surface area contributed by atoms with Gasteiger partial charge in [-0.25, -0.2) is 0 Å². The Morgan fingerprint density at radius 3 is 3.18 bits per heavy atom. The molecule has 1 fully saturated rings. The molecule has 1 unspecified atom stereocenters. The van der Waals surface area contributed by atoms with Crippen LogP contribution in [0.5, 0.6) is 0 Å². The Bertz CT molecular complexity index is 407. The minimum absolute atomic E-state index is 0.0140. The van der Waals surface area contributed by atoms with E-state index in [4.69, 9.17) is 15.9 Å². The summed E-state index contributed by atoms with van der Waals surface area (Å²) in [5, 5.41) is 7.55. The first-order valence-electron chi connectivity index (χ1n) is 5.79. The van der Waals surface area contributed by atoms with Crippen LogP contribution < -0.4 is 10.6 Å². The van der Waals surface area contributed by atoms with Gasteiger partial charge in [-0.15, -0.1) is 0 Å². The molecule has 0 saturated carbocycles. The van der Waals surface area contributed by atoms with E-state index in [1.54, 1.807) is 13.3 Å². The van der Waals surface area contributed by atoms with Gasteiger partial charge in [-0.05, 0) is 25.0 Å². The van der Waals surface area contributed by atoms with E-state index in [1.165, 1.54) is 0 Å². The summed E-state index contributed by atoms with van der Waals surface area (Å²) in [7, 11) is 1.74. The lowest BCUT2D eigenvalue weighted by molar-refractivity contribution is 0.0893. The van der Waals surface area contributed by atoms with Crippen molar-refractivity contribution < 1.29 is 4.74 Å². The fourth-order valence-corrected chi connectivity index (χ4v) is 2.21. The van der Waals surface area contributed by atoms with E-state index >= 15 is 0 Å². The summed E-state index contributed by atoms with van der Waals surface area (Å²) in [4.78, 5) is 6.37. The third kappa shape index (κ3) is 2.55. The van der Waals surface area contributed by atoms with Crippen LogP contribution in [-0.4, -0.2) is 37.1 Å². The van der Waals surface area contributed by atoms with Crippen molar-refractivity contribution in [3.8, 4) is 0 Å². The van der Waals surface area contributed by atoms with E-state index in [0.29, 0.717) is 5.69 Å². The maximum absolute atomic E-state index is 7.55. The molecule has 17 heavy (non-hydrogen) atoms. The fraction of sp³-hybridized carbons (Fsp3) is 0.500. The van der Waals surface area contributed by atoms with E-state index in [1.807, 2.05) is 12.1 Å². The number of piperidine rings is 1. The quantitative estimate of drug-likeness (QED) is 0.604. The Hall–Kier alpha value is -1.62. The van der Waals surface area contributed by atoms with E-state index < -0.39 is 0 Å². The van der Waals surface area contributed by atoms with Crippen molar-refractivity contribution in [3.63, 3.8) is 0 Å². The minimum atomic E-state index is 0.0140. The highest BCUT2D eigenvalue weighted by molar-refractivity contribution is 5.98. The number of hydrogen-bond acceptors (Lipinski definition) is 4. The van der Waals surface area contributed by atoms with E-state index in [9.17, 15) is 0 Å². The van der Waals surface area contributed by atoms with Gasteiger partial charge in [-0.2, -0.15) is 0 Å². The predicted octanol–water partition coefficient (Wildman–Crippen LogP) is 0.981. The lowest BCUT2D eigenvalue weighted by atomic mass is 10.1. The zero-order valence-corrected chi connectivity index (χ0v) is 10.0. The van der Waals surface area contributed by atoms with Crippen LogP contribution in [0.2, 0.25) is 0 Å². The SMILES string of the molecule is COC1CCCN(c2cccnc2C(=N)N)C1. The summed E-state index contributed by atoms with van der Waals surface area (Å²) in [6.07, 6.45) is 4.09. The van der Waals surface area contributed by atoms with Crippen molar-refractivity contribution in [2.45, 2.75) is 18.9 Å². The average Bonchev–Trinajstić information content (AvgIpc) is 2.39. The predicted molar refractivity (Wildman–Crippen MR) is 67.5 cm³/mol. The molecule has 1 aliphatic heterocycles. The Morgan fingerprint density at radius 2 is 2.47 bits per heavy atom. The Labute approximate surface area is 101 Å². The minimum Gasteiger partial charge on any atom is -0.382 e. The molecule has 0 aromatic carbocycles. The summed E-state index contributed by atoms with van der Waals surface area (Å²) in [5.74, 6) is 0.0140. The number of methoxy groups -OCH3 is 1. The Balaban J connectivity index is 2.24. The summed E-state index contributed by atoms with van der Waals surface area (Å²) in [6, 6.07) is 3.83. The number of nitrogens with one attached hydrogen (secondary N) is 1. The standard InChI is InChI=1S/C12H18N4O/c1-17-9-4-3-7-16(8-9)10-5-2-6-15-11(10)12(13)14/h2,5-6,9H,3-4,7-8H2,1H3,(H3,13,14). The van der Waals surface area contributed by atoms with Crippen LogP contribution in [0.1, 0.15) is 18.5 Å². The van der Waals surface area contributed by atoms with Gasteiger partial charge < -0.3 is 15.4 Å². The van der Waals surface area contributed by atoms with Gasteiger partial charge in [0.1, 0.15) is 11.5 Å². The van der Waals surface area contributed by atoms with Gasteiger partial charge in [0.25, 0.3) is 0 Å². The summed E-state index contributed by atoms with van der Waals surface area (Å²) in [6.45, 7) is 1.80. The molecule has 0 aliphatic carbocycles. The molecule has 1 aromatic heterocycles. The van der Waals surface area contributed by atoms with Gasteiger partial charge in [-0.1, -0.05) is 0 Å². The number of nitrogen functional groups attached to an aromatic ring is 1. The zero-order chi connectivity index (χ0) is 12.3. The highest BCUT2D eigenvalue weighted by Crippen LogP contribution is 2.23. The number of aromatic nitrogens is 1. The van der Waals surface area contributed by atoms with E-state index in [0.717, 1.165) is 31.6 Å². The fourth-order valence-electron chi connectivity index (χ4n) is 2.21. The second kappa shape index (κ2) is 5.14. The number of nitrogens with zero attached hydrogens (tertiary/aromatic N) is 2. The second-order valence-corrected chi connectivity index (χ2v) is 4.23. The monoisotopic (exact) mass is 234 g/mol. The van der Waals surface area contributed by atoms with Crippen molar-refractivity contribution >= 4 is 11.5 Å². The maximum atomic E-state index is 7.55. The molecule has 2 rings (SSSR count). The number of nitrogens with two attached hydrogens (primary N) is 1. The number of rotatable bonds is 3. The molecule has 0 spiro atoms. The summed E-state index contributed by atoms with van der Waals surface area (Å²) < 4.78 is 5.40. The van der Waals surface area contributed by atoms with Crippen molar-refractivity contribution in [2.24, 2.45) is 5.73 Å². The van der Waals surface area contributed by atoms with Crippen molar-refractivity contribution in [1.82, 2.24) is 4.98 Å². The van der Waals surface area contributed by atoms with Crippen LogP contribution in [0.4, 0.5) is 5.69 Å². The van der Waals surface area contributed by atoms with Crippen molar-refractivity contribution in [1.29, 1.82) is 5.41 Å². The lowest BCUT2D eigenvalue weighted by Crippen LogP contribution is -2.40. The highest BCUT2D eigenvalue weighted by atomic mass is 16.5. The molecule has 5 nitrogen and oxygen atoms in total. The van der Waals surface area contributed by atoms with Gasteiger partial charge in [0.2, 0.25) is 0 Å². The van der Waals surface area contributed by atoms with Gasteiger partial charge in [-0.3, -0.25) is 10.4 Å². The normalized spacial score (nSPS) is 20.3. The molecular weight excluding hydrogens is 216 g/mol. The molecule has 0 amide bonds. The molecule has 1 aliphatic rings. The number of ether oxygens (including phenoxy) is 1. The Morgan fingerprint density at radius 1 is 1.65 bits per heavy atom. The number of anilines is 1. The lowest BCUT2D eigenvalue weighted by Gasteiger charge is -2.34. The van der Waals surface area contributed by atoms with Crippen LogP contribution in [-0.2, 0) is 4.74 Å². The summed E-state index contributed by atoms with van der Waals surface area (Å²) >= 11 is 0. The van der Waals surface area contributed by atoms with Gasteiger partial charge >= 0.3 is 0 Å². The second-order valence-electron chi connectivity index (χ2n) is 4.23. The van der Waals surface area contributed by atoms with Crippen LogP contribution in [0.25, 0.3) is 0 Å². The van der Waals surface area contributed by atoms with Crippen LogP contribution in [0, 0.1) is 5.41 Å². The number of amidine groups is 1. The largest absolute Gasteiger partial charge is 0.382 e. The molecule has 1 atom stereocenters. The third-order valence-electron chi connectivity index (χ3n) is 3.09. The van der Waals surface area contributed by atoms with Crippen molar-refractivity contribution in [2.75, 3.05) is 25.1 Å². The van der Waals surface area contributed by atoms with Crippen LogP contribution >= 0.6 is 0 Å². The van der Waals surface area contributed by atoms with Crippen molar-refractivity contribution in [3.05, 3.63) is 24.0 Å². The number of hydrogen-bond donors (Lipinski definition) is 2. The molecule has 1 saturated heterocycles. The first-order valence-corrected chi connectivity index (χ1v) is 5.79. The molecule has 2 heterocycles. The molecule has 1 aromatic rings. The van der Waals surface area contributed by atoms with Gasteiger partial charge in [0, 0.05) is 26.4 Å². The molecular formula is C12H18N4O. The zero-order valence-electron chi connectivity index (χ0n) is 10.0. The summed E-state index contributed by atoms with van der Waals surface area (Å²) in [5.41, 5.74) is 7.04. The molecule has 5 heteroatoms. The topological polar surface area (TPSA) is 75.2 Å². The first-order chi connectivity index (χ1) is 8.22. The van der Waals surface area contributed by atoms with Crippen LogP contribution in [0.3, 0.4) is 0 Å². The molecule has 3 N–H and O–H groups in total. The Kier molecular flexibility index (Phi) is 3.58. The molecule has 0 bridgehead atoms. The molecule has 0 radical (unpaired) electrons. The number of pyridine rings is 1. The van der Waals surface area contributed by atoms with E-state index in [-0.39, 0.29) is 11.9 Å². The average molecular weight is 234 g/mol. The smallest absolute Gasteiger partial charge is 0.143 e. The maximum Gasteiger partial charge on any atom is 0.143 e. The third-order valence-corrected chi connectivity index (χ3v) is 3.09. The van der Waals surface area contributed by atoms with E-state index in [2.05, 4.69) is 9.88 Å². The van der Waals surface area contributed by atoms with Gasteiger partial charge in [0.05, 0.1) is 11.8 Å². The van der Waals surface area contributed by atoms with Crippen LogP contribution in [0.15, 0.2) is 18.3 Å². The molecule has 92 valence electrons.